The Morgan fingerprint density at radius 2 is 1.96 bits per heavy atom. The molecule has 1 aromatic carbocycles. The van der Waals surface area contributed by atoms with Gasteiger partial charge in [0.15, 0.2) is 0 Å². The van der Waals surface area contributed by atoms with Crippen LogP contribution in [-0.2, 0) is 6.54 Å². The predicted octanol–water partition coefficient (Wildman–Crippen LogP) is 3.16. The first kappa shape index (κ1) is 15.6. The van der Waals surface area contributed by atoms with Crippen LogP contribution in [0.1, 0.15) is 36.6 Å². The third-order valence-corrected chi connectivity index (χ3v) is 5.35. The van der Waals surface area contributed by atoms with Crippen LogP contribution in [0.3, 0.4) is 0 Å². The number of fused-ring (bicyclic) bond motifs is 1. The molecule has 3 heterocycles. The second-order valence-corrected chi connectivity index (χ2v) is 7.08. The van der Waals surface area contributed by atoms with Gasteiger partial charge in [-0.2, -0.15) is 0 Å². The summed E-state index contributed by atoms with van der Waals surface area (Å²) in [5, 5.41) is 3.72. The first-order valence-electron chi connectivity index (χ1n) is 8.84. The van der Waals surface area contributed by atoms with Crippen molar-refractivity contribution < 1.29 is 4.74 Å². The van der Waals surface area contributed by atoms with E-state index in [-0.39, 0.29) is 5.60 Å². The second kappa shape index (κ2) is 6.54. The Bertz CT molecular complexity index is 680. The van der Waals surface area contributed by atoms with E-state index < -0.39 is 0 Å². The van der Waals surface area contributed by atoms with Crippen molar-refractivity contribution in [2.24, 2.45) is 0 Å². The van der Waals surface area contributed by atoms with Crippen molar-refractivity contribution >= 4 is 0 Å². The fourth-order valence-corrected chi connectivity index (χ4v) is 3.86. The number of piperidine rings is 1. The number of pyridine rings is 1. The van der Waals surface area contributed by atoms with Crippen molar-refractivity contribution in [3.8, 4) is 5.75 Å². The fourth-order valence-electron chi connectivity index (χ4n) is 3.86. The molecule has 24 heavy (non-hydrogen) atoms. The van der Waals surface area contributed by atoms with E-state index in [0.29, 0.717) is 6.04 Å². The summed E-state index contributed by atoms with van der Waals surface area (Å²) in [5.74, 6) is 1.05. The van der Waals surface area contributed by atoms with E-state index in [1.165, 1.54) is 5.56 Å². The van der Waals surface area contributed by atoms with Crippen LogP contribution < -0.4 is 10.1 Å². The van der Waals surface area contributed by atoms with Gasteiger partial charge in [0.05, 0.1) is 5.69 Å². The number of nitrogens with one attached hydrogen (secondary N) is 1. The predicted molar refractivity (Wildman–Crippen MR) is 95.0 cm³/mol. The number of hydrogen-bond donors (Lipinski definition) is 1. The Kier molecular flexibility index (Phi) is 4.25. The van der Waals surface area contributed by atoms with Gasteiger partial charge in [0, 0.05) is 43.9 Å². The molecule has 1 atom stereocenters. The summed E-state index contributed by atoms with van der Waals surface area (Å²) < 4.78 is 6.51. The highest BCUT2D eigenvalue weighted by Gasteiger charge is 2.42. The van der Waals surface area contributed by atoms with Crippen molar-refractivity contribution in [1.29, 1.82) is 0 Å². The van der Waals surface area contributed by atoms with Crippen LogP contribution in [-0.4, -0.2) is 35.6 Å². The summed E-state index contributed by atoms with van der Waals surface area (Å²) >= 11 is 0. The van der Waals surface area contributed by atoms with E-state index in [9.17, 15) is 0 Å². The number of hydrogen-bond acceptors (Lipinski definition) is 4. The van der Waals surface area contributed by atoms with Gasteiger partial charge in [0.1, 0.15) is 11.4 Å². The van der Waals surface area contributed by atoms with Gasteiger partial charge in [0.2, 0.25) is 0 Å². The molecule has 0 radical (unpaired) electrons. The van der Waals surface area contributed by atoms with Crippen molar-refractivity contribution in [2.45, 2.75) is 37.5 Å². The monoisotopic (exact) mass is 323 g/mol. The molecular weight excluding hydrogens is 298 g/mol. The molecule has 0 amide bonds. The summed E-state index contributed by atoms with van der Waals surface area (Å²) in [4.78, 5) is 6.83. The normalized spacial score (nSPS) is 22.8. The summed E-state index contributed by atoms with van der Waals surface area (Å²) in [7, 11) is 2.19. The molecule has 0 saturated carbocycles. The molecule has 4 nitrogen and oxygen atoms in total. The van der Waals surface area contributed by atoms with Crippen LogP contribution in [0, 0.1) is 0 Å². The number of rotatable bonds is 3. The van der Waals surface area contributed by atoms with Gasteiger partial charge in [0.25, 0.3) is 0 Å². The van der Waals surface area contributed by atoms with Gasteiger partial charge in [-0.1, -0.05) is 24.3 Å². The third-order valence-electron chi connectivity index (χ3n) is 5.35. The molecule has 1 aromatic heterocycles. The van der Waals surface area contributed by atoms with Gasteiger partial charge in [-0.05, 0) is 38.1 Å². The molecule has 1 N–H and O–H groups in total. The molecule has 1 unspecified atom stereocenters. The van der Waals surface area contributed by atoms with Gasteiger partial charge in [-0.15, -0.1) is 0 Å². The van der Waals surface area contributed by atoms with E-state index in [0.717, 1.165) is 50.3 Å². The molecule has 4 rings (SSSR count). The average Bonchev–Trinajstić information content (AvgIpc) is 2.63. The maximum Gasteiger partial charge on any atom is 0.124 e. The standard InChI is InChI=1S/C20H25N3O/c1-23-12-9-20(10-13-23)14-18(17-7-2-3-8-19(17)24-20)22-15-16-6-4-5-11-21-16/h2-8,11,18,22H,9-10,12-15H2,1H3. The summed E-state index contributed by atoms with van der Waals surface area (Å²) in [6.07, 6.45) is 5.08. The zero-order chi connectivity index (χ0) is 16.4. The molecule has 0 bridgehead atoms. The number of benzene rings is 1. The van der Waals surface area contributed by atoms with Crippen LogP contribution in [0.5, 0.6) is 5.75 Å². The Hall–Kier alpha value is -1.91. The largest absolute Gasteiger partial charge is 0.487 e. The van der Waals surface area contributed by atoms with Crippen molar-refractivity contribution in [3.05, 3.63) is 59.9 Å². The number of likely N-dealkylation sites (tertiary alicyclic amines) is 1. The SMILES string of the molecule is CN1CCC2(CC1)CC(NCc1ccccn1)c1ccccc1O2. The number of para-hydroxylation sites is 1. The summed E-state index contributed by atoms with van der Waals surface area (Å²) in [5.41, 5.74) is 2.33. The highest BCUT2D eigenvalue weighted by molar-refractivity contribution is 5.39. The quantitative estimate of drug-likeness (QED) is 0.941. The lowest BCUT2D eigenvalue weighted by atomic mass is 9.80. The minimum atomic E-state index is -0.0252. The minimum absolute atomic E-state index is 0.0252. The Labute approximate surface area is 143 Å². The van der Waals surface area contributed by atoms with Crippen molar-refractivity contribution in [2.75, 3.05) is 20.1 Å². The van der Waals surface area contributed by atoms with Crippen LogP contribution in [0.4, 0.5) is 0 Å². The molecule has 126 valence electrons. The third kappa shape index (κ3) is 3.17. The first-order chi connectivity index (χ1) is 11.7. The molecule has 1 saturated heterocycles. The minimum Gasteiger partial charge on any atom is -0.487 e. The maximum absolute atomic E-state index is 6.51. The fraction of sp³-hybridized carbons (Fsp3) is 0.450. The van der Waals surface area contributed by atoms with Crippen LogP contribution >= 0.6 is 0 Å². The number of ether oxygens (including phenoxy) is 1. The highest BCUT2D eigenvalue weighted by Crippen LogP contribution is 2.44. The maximum atomic E-state index is 6.51. The Balaban J connectivity index is 1.55. The molecule has 1 fully saturated rings. The molecule has 2 aliphatic heterocycles. The smallest absolute Gasteiger partial charge is 0.124 e. The van der Waals surface area contributed by atoms with Crippen LogP contribution in [0.15, 0.2) is 48.7 Å². The summed E-state index contributed by atoms with van der Waals surface area (Å²) in [6, 6.07) is 14.9. The Morgan fingerprint density at radius 3 is 2.75 bits per heavy atom. The second-order valence-electron chi connectivity index (χ2n) is 7.08. The van der Waals surface area contributed by atoms with Gasteiger partial charge in [-0.25, -0.2) is 0 Å². The van der Waals surface area contributed by atoms with E-state index in [1.54, 1.807) is 0 Å². The molecule has 0 aliphatic carbocycles. The lowest BCUT2D eigenvalue weighted by Crippen LogP contribution is -2.51. The lowest BCUT2D eigenvalue weighted by Gasteiger charge is -2.46. The van der Waals surface area contributed by atoms with E-state index >= 15 is 0 Å². The number of aromatic nitrogens is 1. The van der Waals surface area contributed by atoms with Gasteiger partial charge < -0.3 is 15.0 Å². The van der Waals surface area contributed by atoms with Crippen LogP contribution in [0.25, 0.3) is 0 Å². The highest BCUT2D eigenvalue weighted by atomic mass is 16.5. The zero-order valence-electron chi connectivity index (χ0n) is 14.2. The lowest BCUT2D eigenvalue weighted by molar-refractivity contribution is -0.0205. The molecule has 4 heteroatoms. The summed E-state index contributed by atoms with van der Waals surface area (Å²) in [6.45, 7) is 3.00. The van der Waals surface area contributed by atoms with Gasteiger partial charge >= 0.3 is 0 Å². The first-order valence-corrected chi connectivity index (χ1v) is 8.84. The van der Waals surface area contributed by atoms with E-state index in [4.69, 9.17) is 4.74 Å². The van der Waals surface area contributed by atoms with E-state index in [1.807, 2.05) is 18.3 Å². The van der Waals surface area contributed by atoms with E-state index in [2.05, 4.69) is 52.6 Å². The molecule has 2 aliphatic rings. The zero-order valence-corrected chi connectivity index (χ0v) is 14.2. The average molecular weight is 323 g/mol. The van der Waals surface area contributed by atoms with Crippen molar-refractivity contribution in [1.82, 2.24) is 15.2 Å². The van der Waals surface area contributed by atoms with Crippen LogP contribution in [0.2, 0.25) is 0 Å². The Morgan fingerprint density at radius 1 is 1.17 bits per heavy atom. The molecular formula is C20H25N3O. The van der Waals surface area contributed by atoms with Crippen molar-refractivity contribution in [3.63, 3.8) is 0 Å². The molecule has 1 spiro atoms. The number of nitrogens with zero attached hydrogens (tertiary/aromatic N) is 2. The molecule has 2 aromatic rings. The van der Waals surface area contributed by atoms with Gasteiger partial charge in [-0.3, -0.25) is 4.98 Å². The topological polar surface area (TPSA) is 37.4 Å².